The molecule has 0 heterocycles. The van der Waals surface area contributed by atoms with Crippen molar-refractivity contribution in [2.24, 2.45) is 0 Å². The second-order valence-electron chi connectivity index (χ2n) is 3.33. The lowest BCUT2D eigenvalue weighted by Crippen LogP contribution is -2.18. The molecule has 1 N–H and O–H groups in total. The minimum Gasteiger partial charge on any atom is -0.406 e. The molecule has 17 heavy (non-hydrogen) atoms. The predicted molar refractivity (Wildman–Crippen MR) is 58.3 cm³/mol. The molecule has 0 amide bonds. The third-order valence-electron chi connectivity index (χ3n) is 1.91. The van der Waals surface area contributed by atoms with Crippen LogP contribution in [0.15, 0.2) is 24.3 Å². The number of alkyl halides is 3. The smallest absolute Gasteiger partial charge is 0.406 e. The van der Waals surface area contributed by atoms with Crippen LogP contribution in [-0.4, -0.2) is 12.9 Å². The first-order valence-corrected chi connectivity index (χ1v) is 5.00. The van der Waals surface area contributed by atoms with Crippen LogP contribution in [0.4, 0.5) is 13.2 Å². The summed E-state index contributed by atoms with van der Waals surface area (Å²) in [6.45, 7) is 1.08. The highest BCUT2D eigenvalue weighted by molar-refractivity contribution is 5.28. The lowest BCUT2D eigenvalue weighted by molar-refractivity contribution is -0.274. The summed E-state index contributed by atoms with van der Waals surface area (Å²) in [5.74, 6) is 2.25. The molecular weight excluding hydrogens is 231 g/mol. The maximum Gasteiger partial charge on any atom is 0.573 e. The molecule has 1 rings (SSSR count). The van der Waals surface area contributed by atoms with Gasteiger partial charge in [-0.25, -0.2) is 0 Å². The van der Waals surface area contributed by atoms with Crippen LogP contribution >= 0.6 is 0 Å². The first kappa shape index (κ1) is 13.4. The molecule has 1 aromatic carbocycles. The summed E-state index contributed by atoms with van der Waals surface area (Å²) in [4.78, 5) is 0. The summed E-state index contributed by atoms with van der Waals surface area (Å²) in [6, 6.07) is 5.83. The molecule has 0 aliphatic heterocycles. The van der Waals surface area contributed by atoms with Gasteiger partial charge in [-0.1, -0.05) is 12.1 Å². The molecule has 0 bridgehead atoms. The van der Waals surface area contributed by atoms with Gasteiger partial charge in [0.05, 0.1) is 0 Å². The minimum absolute atomic E-state index is 0.214. The second-order valence-corrected chi connectivity index (χ2v) is 3.33. The van der Waals surface area contributed by atoms with Crippen molar-refractivity contribution in [1.82, 2.24) is 5.32 Å². The molecule has 0 aliphatic carbocycles. The van der Waals surface area contributed by atoms with E-state index in [1.54, 1.807) is 6.07 Å². The Balaban J connectivity index is 2.51. The molecule has 5 heteroatoms. The topological polar surface area (TPSA) is 21.3 Å². The van der Waals surface area contributed by atoms with Gasteiger partial charge in [0, 0.05) is 19.5 Å². The highest BCUT2D eigenvalue weighted by Crippen LogP contribution is 2.23. The Morgan fingerprint density at radius 2 is 2.12 bits per heavy atom. The van der Waals surface area contributed by atoms with Gasteiger partial charge in [-0.15, -0.1) is 25.5 Å². The van der Waals surface area contributed by atoms with Crippen molar-refractivity contribution in [3.63, 3.8) is 0 Å². The molecule has 0 saturated carbocycles. The number of terminal acetylenes is 1. The number of ether oxygens (including phenoxy) is 1. The summed E-state index contributed by atoms with van der Waals surface area (Å²) in [7, 11) is 0. The Morgan fingerprint density at radius 3 is 2.76 bits per heavy atom. The summed E-state index contributed by atoms with van der Waals surface area (Å²) in [5, 5.41) is 3.01. The number of hydrogen-bond donors (Lipinski definition) is 1. The number of halogens is 3. The van der Waals surface area contributed by atoms with E-state index in [0.717, 1.165) is 0 Å². The van der Waals surface area contributed by atoms with E-state index in [9.17, 15) is 13.2 Å². The van der Waals surface area contributed by atoms with Crippen LogP contribution in [0.1, 0.15) is 12.0 Å². The van der Waals surface area contributed by atoms with Crippen molar-refractivity contribution < 1.29 is 17.9 Å². The highest BCUT2D eigenvalue weighted by atomic mass is 19.4. The summed E-state index contributed by atoms with van der Waals surface area (Å²) >= 11 is 0. The number of nitrogens with one attached hydrogen (secondary N) is 1. The van der Waals surface area contributed by atoms with Gasteiger partial charge >= 0.3 is 6.36 Å². The molecule has 0 fully saturated rings. The molecule has 0 unspecified atom stereocenters. The highest BCUT2D eigenvalue weighted by Gasteiger charge is 2.30. The molecule has 0 aliphatic rings. The van der Waals surface area contributed by atoms with Crippen LogP contribution in [0.3, 0.4) is 0 Å². The van der Waals surface area contributed by atoms with Crippen LogP contribution in [0.25, 0.3) is 0 Å². The minimum atomic E-state index is -4.66. The fourth-order valence-electron chi connectivity index (χ4n) is 1.25. The average molecular weight is 243 g/mol. The van der Waals surface area contributed by atoms with Crippen molar-refractivity contribution >= 4 is 0 Å². The van der Waals surface area contributed by atoms with E-state index < -0.39 is 6.36 Å². The fraction of sp³-hybridized carbons (Fsp3) is 0.333. The van der Waals surface area contributed by atoms with Crippen molar-refractivity contribution in [1.29, 1.82) is 0 Å². The van der Waals surface area contributed by atoms with E-state index in [2.05, 4.69) is 16.0 Å². The standard InChI is InChI=1S/C12H12F3NO/c1-2-3-7-16-9-10-5-4-6-11(8-10)17-12(13,14)15/h1,4-6,8,16H,3,7,9H2. The van der Waals surface area contributed by atoms with E-state index in [4.69, 9.17) is 6.42 Å². The molecule has 0 aromatic heterocycles. The molecule has 1 aromatic rings. The van der Waals surface area contributed by atoms with Gasteiger partial charge in [-0.05, 0) is 17.7 Å². The number of hydrogen-bond acceptors (Lipinski definition) is 2. The van der Waals surface area contributed by atoms with Gasteiger partial charge in [0.25, 0.3) is 0 Å². The Kier molecular flexibility index (Phi) is 4.85. The quantitative estimate of drug-likeness (QED) is 0.634. The van der Waals surface area contributed by atoms with Gasteiger partial charge < -0.3 is 10.1 Å². The van der Waals surface area contributed by atoms with Gasteiger partial charge in [0.15, 0.2) is 0 Å². The van der Waals surface area contributed by atoms with Gasteiger partial charge in [-0.2, -0.15) is 0 Å². The largest absolute Gasteiger partial charge is 0.573 e. The van der Waals surface area contributed by atoms with Crippen molar-refractivity contribution in [3.05, 3.63) is 29.8 Å². The summed E-state index contributed by atoms with van der Waals surface area (Å²) in [5.41, 5.74) is 0.712. The van der Waals surface area contributed by atoms with Crippen molar-refractivity contribution in [2.45, 2.75) is 19.3 Å². The Bertz CT molecular complexity index is 395. The maximum atomic E-state index is 12.0. The van der Waals surface area contributed by atoms with E-state index in [1.165, 1.54) is 18.2 Å². The fourth-order valence-corrected chi connectivity index (χ4v) is 1.25. The monoisotopic (exact) mass is 243 g/mol. The van der Waals surface area contributed by atoms with Crippen LogP contribution in [0, 0.1) is 12.3 Å². The Hall–Kier alpha value is -1.67. The average Bonchev–Trinajstić information content (AvgIpc) is 2.23. The molecule has 0 spiro atoms. The Morgan fingerprint density at radius 1 is 1.35 bits per heavy atom. The number of benzene rings is 1. The first-order chi connectivity index (χ1) is 8.01. The third kappa shape index (κ3) is 5.83. The van der Waals surface area contributed by atoms with E-state index >= 15 is 0 Å². The lowest BCUT2D eigenvalue weighted by atomic mass is 10.2. The zero-order valence-electron chi connectivity index (χ0n) is 9.05. The summed E-state index contributed by atoms with van der Waals surface area (Å²) in [6.07, 6.45) is 0.991. The Labute approximate surface area is 97.8 Å². The van der Waals surface area contributed by atoms with Crippen LogP contribution < -0.4 is 10.1 Å². The van der Waals surface area contributed by atoms with E-state index in [-0.39, 0.29) is 5.75 Å². The number of rotatable bonds is 5. The molecule has 92 valence electrons. The molecule has 0 saturated heterocycles. The maximum absolute atomic E-state index is 12.0. The molecule has 0 radical (unpaired) electrons. The zero-order valence-corrected chi connectivity index (χ0v) is 9.05. The van der Waals surface area contributed by atoms with Crippen LogP contribution in [-0.2, 0) is 6.54 Å². The summed E-state index contributed by atoms with van der Waals surface area (Å²) < 4.78 is 39.7. The molecular formula is C12H12F3NO. The normalized spacial score (nSPS) is 10.9. The first-order valence-electron chi connectivity index (χ1n) is 5.00. The van der Waals surface area contributed by atoms with Crippen molar-refractivity contribution in [3.8, 4) is 18.1 Å². The second kappa shape index (κ2) is 6.16. The predicted octanol–water partition coefficient (Wildman–Crippen LogP) is 2.70. The lowest BCUT2D eigenvalue weighted by Gasteiger charge is -2.10. The van der Waals surface area contributed by atoms with Crippen LogP contribution in [0.5, 0.6) is 5.75 Å². The van der Waals surface area contributed by atoms with Crippen molar-refractivity contribution in [2.75, 3.05) is 6.54 Å². The SMILES string of the molecule is C#CCCNCc1cccc(OC(F)(F)F)c1. The molecule has 2 nitrogen and oxygen atoms in total. The van der Waals surface area contributed by atoms with Gasteiger partial charge in [0.2, 0.25) is 0 Å². The van der Waals surface area contributed by atoms with Gasteiger partial charge in [0.1, 0.15) is 5.75 Å². The van der Waals surface area contributed by atoms with Gasteiger partial charge in [-0.3, -0.25) is 0 Å². The molecule has 0 atom stereocenters. The van der Waals surface area contributed by atoms with Crippen LogP contribution in [0.2, 0.25) is 0 Å². The van der Waals surface area contributed by atoms with E-state index in [0.29, 0.717) is 25.1 Å². The third-order valence-corrected chi connectivity index (χ3v) is 1.91. The zero-order chi connectivity index (χ0) is 12.7. The van der Waals surface area contributed by atoms with E-state index in [1.807, 2.05) is 0 Å².